The van der Waals surface area contributed by atoms with E-state index < -0.39 is 0 Å². The van der Waals surface area contributed by atoms with Gasteiger partial charge in [-0.2, -0.15) is 0 Å². The first-order valence-corrected chi connectivity index (χ1v) is 5.20. The van der Waals surface area contributed by atoms with Gasteiger partial charge in [0.05, 0.1) is 0 Å². The smallest absolute Gasteiger partial charge is 0.0416 e. The van der Waals surface area contributed by atoms with E-state index in [4.69, 9.17) is 0 Å². The molecule has 1 nitrogen and oxygen atoms in total. The van der Waals surface area contributed by atoms with E-state index in [1.807, 2.05) is 0 Å². The molecule has 0 aromatic rings. The number of nitrogens with one attached hydrogen (secondary N) is 1. The standard InChI is InChI=1S/C12H21N/c1-8(2)11-6-10(5)13-7-12(11)9(3)4/h6-10,13H,1-5H3. The van der Waals surface area contributed by atoms with Gasteiger partial charge in [0.25, 0.3) is 0 Å². The molecule has 1 aliphatic rings. The van der Waals surface area contributed by atoms with Crippen molar-refractivity contribution in [3.05, 3.63) is 23.4 Å². The lowest BCUT2D eigenvalue weighted by Crippen LogP contribution is -2.25. The van der Waals surface area contributed by atoms with Crippen molar-refractivity contribution in [3.63, 3.8) is 0 Å². The highest BCUT2D eigenvalue weighted by molar-refractivity contribution is 5.37. The van der Waals surface area contributed by atoms with Crippen molar-refractivity contribution in [3.8, 4) is 0 Å². The van der Waals surface area contributed by atoms with Crippen molar-refractivity contribution >= 4 is 0 Å². The highest BCUT2D eigenvalue weighted by Crippen LogP contribution is 2.27. The first-order chi connectivity index (χ1) is 6.02. The van der Waals surface area contributed by atoms with Gasteiger partial charge in [-0.3, -0.25) is 0 Å². The summed E-state index contributed by atoms with van der Waals surface area (Å²) in [6.07, 6.45) is 4.53. The molecule has 0 bridgehead atoms. The predicted octanol–water partition coefficient (Wildman–Crippen LogP) is 3.10. The Morgan fingerprint density at radius 1 is 1.08 bits per heavy atom. The quantitative estimate of drug-likeness (QED) is 0.687. The summed E-state index contributed by atoms with van der Waals surface area (Å²) in [7, 11) is 0. The fraction of sp³-hybridized carbons (Fsp3) is 0.667. The molecule has 1 atom stereocenters. The fourth-order valence-electron chi connectivity index (χ4n) is 1.74. The van der Waals surface area contributed by atoms with Crippen LogP contribution in [-0.2, 0) is 0 Å². The van der Waals surface area contributed by atoms with Gasteiger partial charge in [-0.25, -0.2) is 0 Å². The number of rotatable bonds is 2. The predicted molar refractivity (Wildman–Crippen MR) is 58.4 cm³/mol. The molecule has 1 heterocycles. The van der Waals surface area contributed by atoms with Gasteiger partial charge in [0.15, 0.2) is 0 Å². The van der Waals surface area contributed by atoms with Crippen LogP contribution in [0.2, 0.25) is 0 Å². The maximum atomic E-state index is 3.36. The highest BCUT2D eigenvalue weighted by atomic mass is 14.9. The van der Waals surface area contributed by atoms with E-state index in [1.165, 1.54) is 11.1 Å². The van der Waals surface area contributed by atoms with Gasteiger partial charge in [-0.1, -0.05) is 33.8 Å². The molecular formula is C12H21N. The van der Waals surface area contributed by atoms with Crippen molar-refractivity contribution < 1.29 is 0 Å². The van der Waals surface area contributed by atoms with Gasteiger partial charge in [0.1, 0.15) is 0 Å². The summed E-state index contributed by atoms with van der Waals surface area (Å²) in [4.78, 5) is 0. The van der Waals surface area contributed by atoms with Crippen LogP contribution >= 0.6 is 0 Å². The molecule has 1 rings (SSSR count). The average Bonchev–Trinajstić information content (AvgIpc) is 2.03. The number of hydrogen-bond acceptors (Lipinski definition) is 1. The van der Waals surface area contributed by atoms with Gasteiger partial charge in [-0.15, -0.1) is 0 Å². The van der Waals surface area contributed by atoms with Crippen LogP contribution < -0.4 is 5.32 Å². The second-order valence-corrected chi connectivity index (χ2v) is 4.49. The Bertz CT molecular complexity index is 234. The van der Waals surface area contributed by atoms with Crippen LogP contribution in [0.3, 0.4) is 0 Å². The van der Waals surface area contributed by atoms with Crippen molar-refractivity contribution in [2.75, 3.05) is 0 Å². The second-order valence-electron chi connectivity index (χ2n) is 4.49. The Morgan fingerprint density at radius 2 is 1.62 bits per heavy atom. The molecule has 1 unspecified atom stereocenters. The molecule has 0 saturated carbocycles. The van der Waals surface area contributed by atoms with Gasteiger partial charge in [0, 0.05) is 12.2 Å². The summed E-state index contributed by atoms with van der Waals surface area (Å²) in [5, 5.41) is 3.36. The zero-order valence-electron chi connectivity index (χ0n) is 9.39. The van der Waals surface area contributed by atoms with E-state index in [9.17, 15) is 0 Å². The minimum Gasteiger partial charge on any atom is -0.385 e. The second kappa shape index (κ2) is 3.99. The molecule has 0 saturated heterocycles. The van der Waals surface area contributed by atoms with Gasteiger partial charge < -0.3 is 5.32 Å². The molecule has 0 aliphatic carbocycles. The van der Waals surface area contributed by atoms with Crippen LogP contribution in [0.25, 0.3) is 0 Å². The number of allylic oxidation sites excluding steroid dienone is 2. The molecule has 0 spiro atoms. The van der Waals surface area contributed by atoms with Crippen LogP contribution in [0, 0.1) is 11.8 Å². The molecule has 1 heteroatoms. The fourth-order valence-corrected chi connectivity index (χ4v) is 1.74. The zero-order chi connectivity index (χ0) is 10.0. The van der Waals surface area contributed by atoms with Crippen molar-refractivity contribution in [2.45, 2.75) is 40.7 Å². The van der Waals surface area contributed by atoms with Gasteiger partial charge in [-0.05, 0) is 29.9 Å². The number of hydrogen-bond donors (Lipinski definition) is 1. The SMILES string of the molecule is CC1C=C(C(C)C)C(C(C)C)=CN1. The highest BCUT2D eigenvalue weighted by Gasteiger charge is 2.17. The van der Waals surface area contributed by atoms with E-state index in [1.54, 1.807) is 0 Å². The molecule has 1 aliphatic heterocycles. The van der Waals surface area contributed by atoms with Gasteiger partial charge in [0.2, 0.25) is 0 Å². The van der Waals surface area contributed by atoms with E-state index in [2.05, 4.69) is 52.2 Å². The molecule has 0 amide bonds. The van der Waals surface area contributed by atoms with Crippen LogP contribution in [0.1, 0.15) is 34.6 Å². The van der Waals surface area contributed by atoms with Crippen molar-refractivity contribution in [1.29, 1.82) is 0 Å². The Balaban J connectivity index is 2.90. The molecule has 13 heavy (non-hydrogen) atoms. The van der Waals surface area contributed by atoms with Crippen molar-refractivity contribution in [1.82, 2.24) is 5.32 Å². The topological polar surface area (TPSA) is 12.0 Å². The third-order valence-electron chi connectivity index (χ3n) is 2.51. The van der Waals surface area contributed by atoms with Crippen LogP contribution in [0.4, 0.5) is 0 Å². The summed E-state index contributed by atoms with van der Waals surface area (Å²) in [6.45, 7) is 11.2. The van der Waals surface area contributed by atoms with E-state index >= 15 is 0 Å². The lowest BCUT2D eigenvalue weighted by Gasteiger charge is -2.26. The summed E-state index contributed by atoms with van der Waals surface area (Å²) >= 11 is 0. The van der Waals surface area contributed by atoms with Crippen LogP contribution in [0.5, 0.6) is 0 Å². The lowest BCUT2D eigenvalue weighted by atomic mass is 9.86. The van der Waals surface area contributed by atoms with E-state index in [0.29, 0.717) is 17.9 Å². The first-order valence-electron chi connectivity index (χ1n) is 5.20. The summed E-state index contributed by atoms with van der Waals surface area (Å²) < 4.78 is 0. The Hall–Kier alpha value is -0.720. The van der Waals surface area contributed by atoms with E-state index in [-0.39, 0.29) is 0 Å². The normalized spacial score (nSPS) is 22.8. The van der Waals surface area contributed by atoms with E-state index in [0.717, 1.165) is 0 Å². The van der Waals surface area contributed by atoms with Crippen LogP contribution in [-0.4, -0.2) is 6.04 Å². The molecule has 1 N–H and O–H groups in total. The summed E-state index contributed by atoms with van der Waals surface area (Å²) in [5.41, 5.74) is 2.98. The third-order valence-corrected chi connectivity index (χ3v) is 2.51. The Kier molecular flexibility index (Phi) is 3.18. The molecular weight excluding hydrogens is 158 g/mol. The monoisotopic (exact) mass is 179 g/mol. The van der Waals surface area contributed by atoms with Crippen LogP contribution in [0.15, 0.2) is 23.4 Å². The lowest BCUT2D eigenvalue weighted by molar-refractivity contribution is 0.641. The Morgan fingerprint density at radius 3 is 2.08 bits per heavy atom. The molecule has 0 aromatic carbocycles. The maximum Gasteiger partial charge on any atom is 0.0416 e. The zero-order valence-corrected chi connectivity index (χ0v) is 9.39. The summed E-state index contributed by atoms with van der Waals surface area (Å²) in [5.74, 6) is 1.26. The summed E-state index contributed by atoms with van der Waals surface area (Å²) in [6, 6.07) is 0.486. The van der Waals surface area contributed by atoms with Gasteiger partial charge >= 0.3 is 0 Å². The minimum absolute atomic E-state index is 0.486. The largest absolute Gasteiger partial charge is 0.385 e. The molecule has 0 radical (unpaired) electrons. The third kappa shape index (κ3) is 2.36. The minimum atomic E-state index is 0.486. The molecule has 0 fully saturated rings. The first kappa shape index (κ1) is 10.4. The average molecular weight is 179 g/mol. The maximum absolute atomic E-state index is 3.36. The van der Waals surface area contributed by atoms with Crippen molar-refractivity contribution in [2.24, 2.45) is 11.8 Å². The Labute approximate surface area is 81.9 Å². The molecule has 74 valence electrons. The molecule has 0 aromatic heterocycles. The number of dihydropyridines is 1.